The number of hydrogen-bond acceptors (Lipinski definition) is 4. The molecule has 1 aliphatic rings. The third-order valence-corrected chi connectivity index (χ3v) is 3.51. The van der Waals surface area contributed by atoms with Gasteiger partial charge in [-0.1, -0.05) is 0 Å². The lowest BCUT2D eigenvalue weighted by Gasteiger charge is -2.35. The van der Waals surface area contributed by atoms with E-state index in [4.69, 9.17) is 5.26 Å². The Morgan fingerprint density at radius 2 is 2.29 bits per heavy atom. The highest BCUT2D eigenvalue weighted by Crippen LogP contribution is 2.24. The Labute approximate surface area is 126 Å². The third kappa shape index (κ3) is 4.19. The van der Waals surface area contributed by atoms with Crippen LogP contribution in [0.4, 0.5) is 5.69 Å². The van der Waals surface area contributed by atoms with Gasteiger partial charge in [0.2, 0.25) is 5.91 Å². The van der Waals surface area contributed by atoms with Gasteiger partial charge in [-0.05, 0) is 45.7 Å². The van der Waals surface area contributed by atoms with Gasteiger partial charge in [-0.3, -0.25) is 4.79 Å². The highest BCUT2D eigenvalue weighted by molar-refractivity contribution is 5.80. The number of carbonyl (C=O) groups is 1. The van der Waals surface area contributed by atoms with Crippen molar-refractivity contribution in [3.8, 4) is 6.07 Å². The molecular formula is C16H22N4O. The van der Waals surface area contributed by atoms with Crippen LogP contribution in [0, 0.1) is 17.2 Å². The van der Waals surface area contributed by atoms with Crippen LogP contribution >= 0.6 is 0 Å². The van der Waals surface area contributed by atoms with Gasteiger partial charge in [-0.25, -0.2) is 4.98 Å². The van der Waals surface area contributed by atoms with Gasteiger partial charge in [-0.15, -0.1) is 0 Å². The van der Waals surface area contributed by atoms with E-state index >= 15 is 0 Å². The summed E-state index contributed by atoms with van der Waals surface area (Å²) in [5.41, 5.74) is 1.17. The molecule has 0 saturated carbocycles. The van der Waals surface area contributed by atoms with Gasteiger partial charge in [0.05, 0.1) is 5.92 Å². The zero-order valence-corrected chi connectivity index (χ0v) is 12.9. The second kappa shape index (κ2) is 6.13. The van der Waals surface area contributed by atoms with Crippen molar-refractivity contribution in [3.05, 3.63) is 24.0 Å². The van der Waals surface area contributed by atoms with Crippen molar-refractivity contribution in [3.63, 3.8) is 0 Å². The van der Waals surface area contributed by atoms with Crippen molar-refractivity contribution in [1.29, 1.82) is 5.26 Å². The molecule has 1 atom stereocenters. The molecule has 1 aliphatic heterocycles. The van der Waals surface area contributed by atoms with Crippen molar-refractivity contribution in [2.75, 3.05) is 18.0 Å². The molecule has 112 valence electrons. The van der Waals surface area contributed by atoms with Crippen molar-refractivity contribution in [2.45, 2.75) is 39.2 Å². The average Bonchev–Trinajstić information content (AvgIpc) is 2.46. The molecule has 5 nitrogen and oxygen atoms in total. The van der Waals surface area contributed by atoms with Crippen LogP contribution in [0.3, 0.4) is 0 Å². The molecule has 21 heavy (non-hydrogen) atoms. The first-order chi connectivity index (χ1) is 9.89. The zero-order chi connectivity index (χ0) is 15.5. The second-order valence-electron chi connectivity index (χ2n) is 6.54. The zero-order valence-electron chi connectivity index (χ0n) is 12.9. The van der Waals surface area contributed by atoms with Crippen LogP contribution in [0.1, 0.15) is 39.3 Å². The summed E-state index contributed by atoms with van der Waals surface area (Å²) < 4.78 is 0. The second-order valence-corrected chi connectivity index (χ2v) is 6.54. The summed E-state index contributed by atoms with van der Waals surface area (Å²) in [5, 5.41) is 12.0. The molecule has 0 spiro atoms. The molecular weight excluding hydrogens is 264 g/mol. The molecule has 2 heterocycles. The maximum atomic E-state index is 12.3. The quantitative estimate of drug-likeness (QED) is 0.903. The van der Waals surface area contributed by atoms with Crippen molar-refractivity contribution in [1.82, 2.24) is 10.3 Å². The van der Waals surface area contributed by atoms with Gasteiger partial charge in [-0.2, -0.15) is 5.26 Å². The largest absolute Gasteiger partial charge is 0.371 e. The highest BCUT2D eigenvalue weighted by atomic mass is 16.2. The van der Waals surface area contributed by atoms with E-state index in [-0.39, 0.29) is 17.4 Å². The molecule has 1 amide bonds. The molecule has 0 aliphatic carbocycles. The lowest BCUT2D eigenvalue weighted by atomic mass is 9.95. The number of amides is 1. The third-order valence-electron chi connectivity index (χ3n) is 3.51. The monoisotopic (exact) mass is 286 g/mol. The van der Waals surface area contributed by atoms with Gasteiger partial charge in [0, 0.05) is 30.5 Å². The summed E-state index contributed by atoms with van der Waals surface area (Å²) in [7, 11) is 0. The maximum Gasteiger partial charge on any atom is 0.225 e. The summed E-state index contributed by atoms with van der Waals surface area (Å²) in [5.74, 6) is 0.110. The molecule has 1 fully saturated rings. The fourth-order valence-corrected chi connectivity index (χ4v) is 2.57. The van der Waals surface area contributed by atoms with Crippen molar-refractivity contribution >= 4 is 11.6 Å². The van der Waals surface area contributed by atoms with E-state index in [0.717, 1.165) is 25.1 Å². The van der Waals surface area contributed by atoms with Gasteiger partial charge >= 0.3 is 0 Å². The summed E-state index contributed by atoms with van der Waals surface area (Å²) in [6.07, 6.45) is 3.54. The number of pyridine rings is 1. The number of nitriles is 1. The number of anilines is 1. The molecule has 1 saturated heterocycles. The van der Waals surface area contributed by atoms with Crippen LogP contribution in [-0.2, 0) is 4.79 Å². The number of rotatable bonds is 2. The van der Waals surface area contributed by atoms with Crippen molar-refractivity contribution < 1.29 is 4.79 Å². The van der Waals surface area contributed by atoms with E-state index in [1.54, 1.807) is 12.3 Å². The molecule has 2 rings (SSSR count). The first kappa shape index (κ1) is 15.3. The first-order valence-corrected chi connectivity index (χ1v) is 7.32. The Kier molecular flexibility index (Phi) is 4.46. The Bertz CT molecular complexity index is 556. The minimum Gasteiger partial charge on any atom is -0.371 e. The predicted molar refractivity (Wildman–Crippen MR) is 81.8 cm³/mol. The minimum absolute atomic E-state index is 0.00308. The predicted octanol–water partition coefficient (Wildman–Crippen LogP) is 2.08. The fourth-order valence-electron chi connectivity index (χ4n) is 2.57. The van der Waals surface area contributed by atoms with E-state index in [0.29, 0.717) is 12.2 Å². The molecule has 1 aromatic rings. The number of hydrogen-bond donors (Lipinski definition) is 1. The molecule has 5 heteroatoms. The highest BCUT2D eigenvalue weighted by Gasteiger charge is 2.28. The van der Waals surface area contributed by atoms with Gasteiger partial charge in [0.15, 0.2) is 0 Å². The van der Waals surface area contributed by atoms with Crippen LogP contribution < -0.4 is 10.2 Å². The SMILES string of the molecule is CC(C)(C)NC(=O)C1CCCN(c2ccnc(C#N)c2)C1. The van der Waals surface area contributed by atoms with Crippen LogP contribution in [0.5, 0.6) is 0 Å². The van der Waals surface area contributed by atoms with Crippen LogP contribution in [-0.4, -0.2) is 29.5 Å². The Morgan fingerprint density at radius 1 is 1.52 bits per heavy atom. The summed E-state index contributed by atoms with van der Waals surface area (Å²) in [6.45, 7) is 7.58. The normalized spacial score (nSPS) is 19.0. The van der Waals surface area contributed by atoms with Gasteiger partial charge in [0.25, 0.3) is 0 Å². The summed E-state index contributed by atoms with van der Waals surface area (Å²) >= 11 is 0. The first-order valence-electron chi connectivity index (χ1n) is 7.32. The lowest BCUT2D eigenvalue weighted by molar-refractivity contribution is -0.126. The van der Waals surface area contributed by atoms with E-state index in [2.05, 4.69) is 21.3 Å². The van der Waals surface area contributed by atoms with E-state index < -0.39 is 0 Å². The number of aromatic nitrogens is 1. The smallest absolute Gasteiger partial charge is 0.225 e. The van der Waals surface area contributed by atoms with Crippen LogP contribution in [0.15, 0.2) is 18.3 Å². The minimum atomic E-state index is -0.204. The molecule has 0 aromatic carbocycles. The molecule has 1 N–H and O–H groups in total. The Hall–Kier alpha value is -2.09. The number of nitrogens with zero attached hydrogens (tertiary/aromatic N) is 3. The van der Waals surface area contributed by atoms with E-state index in [9.17, 15) is 4.79 Å². The standard InChI is InChI=1S/C16H22N4O/c1-16(2,3)19-15(21)12-5-4-8-20(11-12)14-6-7-18-13(9-14)10-17/h6-7,9,12H,4-5,8,11H2,1-3H3,(H,19,21). The fraction of sp³-hybridized carbons (Fsp3) is 0.562. The number of nitrogens with one attached hydrogen (secondary N) is 1. The Morgan fingerprint density at radius 3 is 2.95 bits per heavy atom. The molecule has 1 aromatic heterocycles. The molecule has 0 radical (unpaired) electrons. The van der Waals surface area contributed by atoms with Crippen molar-refractivity contribution in [2.24, 2.45) is 5.92 Å². The number of carbonyl (C=O) groups excluding carboxylic acids is 1. The lowest BCUT2D eigenvalue weighted by Crippen LogP contribution is -2.48. The summed E-state index contributed by atoms with van der Waals surface area (Å²) in [6, 6.07) is 5.73. The summed E-state index contributed by atoms with van der Waals surface area (Å²) in [4.78, 5) is 18.5. The molecule has 0 bridgehead atoms. The average molecular weight is 286 g/mol. The van der Waals surface area contributed by atoms with Gasteiger partial charge in [0.1, 0.15) is 11.8 Å². The van der Waals surface area contributed by atoms with Crippen LogP contribution in [0.25, 0.3) is 0 Å². The van der Waals surface area contributed by atoms with Crippen LogP contribution in [0.2, 0.25) is 0 Å². The van der Waals surface area contributed by atoms with E-state index in [1.807, 2.05) is 26.8 Å². The van der Waals surface area contributed by atoms with Gasteiger partial charge < -0.3 is 10.2 Å². The maximum absolute atomic E-state index is 12.3. The Balaban J connectivity index is 2.07. The number of piperidine rings is 1. The van der Waals surface area contributed by atoms with E-state index in [1.165, 1.54) is 0 Å². The molecule has 1 unspecified atom stereocenters. The topological polar surface area (TPSA) is 69.0 Å².